The number of nitrogens with zero attached hydrogens (tertiary/aromatic N) is 3. The van der Waals surface area contributed by atoms with Crippen LogP contribution in [0, 0.1) is 6.92 Å². The van der Waals surface area contributed by atoms with Crippen molar-refractivity contribution in [2.75, 3.05) is 7.05 Å². The maximum Gasteiger partial charge on any atom is 0.443 e. The van der Waals surface area contributed by atoms with Gasteiger partial charge >= 0.3 is 6.85 Å². The lowest BCUT2D eigenvalue weighted by Gasteiger charge is -2.26. The standard InChI is InChI=1S/C18H19BN3O/c1-12-7-8-15(21(3)10-12)19-17-16(13(2)11-22(19)4)14-6-5-9-20-18(14)23-17/h5-11H,1-4H3/q+1. The average molecular weight is 304 g/mol. The molecule has 4 heterocycles. The van der Waals surface area contributed by atoms with Crippen molar-refractivity contribution in [3.63, 3.8) is 0 Å². The van der Waals surface area contributed by atoms with E-state index < -0.39 is 0 Å². The first-order valence-corrected chi connectivity index (χ1v) is 7.80. The molecule has 0 aromatic carbocycles. The number of fused-ring (bicyclic) bond motifs is 3. The first kappa shape index (κ1) is 14.1. The highest BCUT2D eigenvalue weighted by Crippen LogP contribution is 2.27. The minimum absolute atomic E-state index is 0.0495. The summed E-state index contributed by atoms with van der Waals surface area (Å²) in [6.07, 6.45) is 6.12. The van der Waals surface area contributed by atoms with Crippen molar-refractivity contribution in [3.05, 3.63) is 54.0 Å². The maximum atomic E-state index is 6.18. The second-order valence-corrected chi connectivity index (χ2v) is 6.32. The predicted octanol–water partition coefficient (Wildman–Crippen LogP) is 1.37. The molecule has 4 nitrogen and oxygen atoms in total. The molecular weight excluding hydrogens is 285 g/mol. The monoisotopic (exact) mass is 304 g/mol. The topological polar surface area (TPSA) is 33.2 Å². The van der Waals surface area contributed by atoms with Crippen molar-refractivity contribution in [3.8, 4) is 0 Å². The molecule has 0 saturated heterocycles. The lowest BCUT2D eigenvalue weighted by atomic mass is 9.52. The van der Waals surface area contributed by atoms with E-state index in [0.717, 1.165) is 11.0 Å². The molecule has 0 saturated carbocycles. The van der Waals surface area contributed by atoms with Crippen LogP contribution < -0.4 is 15.8 Å². The summed E-state index contributed by atoms with van der Waals surface area (Å²) in [6, 6.07) is 8.37. The van der Waals surface area contributed by atoms with Gasteiger partial charge in [0, 0.05) is 22.7 Å². The zero-order valence-electron chi connectivity index (χ0n) is 13.9. The van der Waals surface area contributed by atoms with Crippen LogP contribution in [0.4, 0.5) is 0 Å². The minimum atomic E-state index is 0.0495. The van der Waals surface area contributed by atoms with Gasteiger partial charge in [-0.05, 0) is 56.9 Å². The molecular formula is C18H19BN3O+. The molecule has 0 spiro atoms. The van der Waals surface area contributed by atoms with Gasteiger partial charge in [-0.15, -0.1) is 0 Å². The summed E-state index contributed by atoms with van der Waals surface area (Å²) in [5, 5.41) is 1.09. The molecule has 0 fully saturated rings. The molecule has 4 rings (SSSR count). The molecule has 0 amide bonds. The number of aromatic nitrogens is 2. The Labute approximate surface area is 136 Å². The van der Waals surface area contributed by atoms with Crippen molar-refractivity contribution >= 4 is 34.8 Å². The van der Waals surface area contributed by atoms with E-state index >= 15 is 0 Å². The number of aryl methyl sites for hydroxylation is 2. The molecule has 1 aliphatic rings. The molecule has 0 N–H and O–H groups in total. The van der Waals surface area contributed by atoms with Gasteiger partial charge in [-0.1, -0.05) is 0 Å². The molecule has 0 bridgehead atoms. The fraction of sp³-hybridized carbons (Fsp3) is 0.222. The lowest BCUT2D eigenvalue weighted by molar-refractivity contribution is -0.654. The molecule has 0 radical (unpaired) electrons. The van der Waals surface area contributed by atoms with E-state index in [1.54, 1.807) is 6.20 Å². The molecule has 3 aromatic heterocycles. The smallest absolute Gasteiger partial charge is 0.443 e. The van der Waals surface area contributed by atoms with E-state index in [2.05, 4.69) is 72.9 Å². The largest absolute Gasteiger partial charge is 0.449 e. The summed E-state index contributed by atoms with van der Waals surface area (Å²) >= 11 is 0. The third-order valence-electron chi connectivity index (χ3n) is 4.54. The highest BCUT2D eigenvalue weighted by atomic mass is 16.3. The van der Waals surface area contributed by atoms with E-state index in [0.29, 0.717) is 5.71 Å². The van der Waals surface area contributed by atoms with Crippen LogP contribution in [0.2, 0.25) is 0 Å². The fourth-order valence-corrected chi connectivity index (χ4v) is 3.56. The van der Waals surface area contributed by atoms with Crippen LogP contribution in [-0.4, -0.2) is 23.7 Å². The summed E-state index contributed by atoms with van der Waals surface area (Å²) in [4.78, 5) is 6.60. The van der Waals surface area contributed by atoms with E-state index in [-0.39, 0.29) is 6.85 Å². The van der Waals surface area contributed by atoms with Gasteiger partial charge in [-0.2, -0.15) is 0 Å². The maximum absolute atomic E-state index is 6.18. The molecule has 5 heteroatoms. The number of furan rings is 1. The first-order chi connectivity index (χ1) is 11.1. The molecule has 0 atom stereocenters. The Balaban J connectivity index is 1.99. The van der Waals surface area contributed by atoms with Crippen LogP contribution in [0.15, 0.2) is 47.3 Å². The lowest BCUT2D eigenvalue weighted by Crippen LogP contribution is -2.65. The predicted molar refractivity (Wildman–Crippen MR) is 92.8 cm³/mol. The number of pyridine rings is 2. The van der Waals surface area contributed by atoms with E-state index in [1.807, 2.05) is 6.07 Å². The Kier molecular flexibility index (Phi) is 3.05. The Morgan fingerprint density at radius 1 is 1.22 bits per heavy atom. The molecule has 0 unspecified atom stereocenters. The zero-order valence-corrected chi connectivity index (χ0v) is 13.9. The van der Waals surface area contributed by atoms with Crippen molar-refractivity contribution in [1.82, 2.24) is 9.79 Å². The van der Waals surface area contributed by atoms with Gasteiger partial charge in [0.05, 0.1) is 0 Å². The number of hydrogen-bond donors (Lipinski definition) is 0. The van der Waals surface area contributed by atoms with E-state index in [1.165, 1.54) is 22.3 Å². The fourth-order valence-electron chi connectivity index (χ4n) is 3.56. The van der Waals surface area contributed by atoms with Crippen LogP contribution in [-0.2, 0) is 7.05 Å². The zero-order chi connectivity index (χ0) is 16.1. The van der Waals surface area contributed by atoms with Crippen LogP contribution >= 0.6 is 0 Å². The third kappa shape index (κ3) is 2.07. The summed E-state index contributed by atoms with van der Waals surface area (Å²) in [5.41, 5.74) is 6.51. The molecule has 1 aliphatic heterocycles. The summed E-state index contributed by atoms with van der Waals surface area (Å²) in [5.74, 6) is 0. The van der Waals surface area contributed by atoms with Gasteiger partial charge in [-0.25, -0.2) is 9.55 Å². The summed E-state index contributed by atoms with van der Waals surface area (Å²) < 4.78 is 8.35. The van der Waals surface area contributed by atoms with Crippen molar-refractivity contribution in [2.24, 2.45) is 7.05 Å². The molecule has 23 heavy (non-hydrogen) atoms. The van der Waals surface area contributed by atoms with Crippen LogP contribution in [0.3, 0.4) is 0 Å². The van der Waals surface area contributed by atoms with E-state index in [4.69, 9.17) is 4.42 Å². The van der Waals surface area contributed by atoms with Crippen LogP contribution in [0.5, 0.6) is 0 Å². The second kappa shape index (κ2) is 4.98. The van der Waals surface area contributed by atoms with Crippen molar-refractivity contribution < 1.29 is 8.98 Å². The third-order valence-corrected chi connectivity index (χ3v) is 4.54. The quantitative estimate of drug-likeness (QED) is 0.503. The highest BCUT2D eigenvalue weighted by molar-refractivity contribution is 6.82. The Bertz CT molecular complexity index is 945. The van der Waals surface area contributed by atoms with Gasteiger partial charge in [-0.3, -0.25) is 0 Å². The SMILES string of the molecule is CC1=CN(C)B(c2ccc(C)c[n+]2C)c2oc3ncccc3c21. The number of allylic oxidation sites excluding steroid dienone is 1. The van der Waals surface area contributed by atoms with Crippen molar-refractivity contribution in [1.29, 1.82) is 0 Å². The van der Waals surface area contributed by atoms with Gasteiger partial charge in [0.15, 0.2) is 11.8 Å². The van der Waals surface area contributed by atoms with Crippen LogP contribution in [0.1, 0.15) is 18.1 Å². The second-order valence-electron chi connectivity index (χ2n) is 6.32. The van der Waals surface area contributed by atoms with Crippen molar-refractivity contribution in [2.45, 2.75) is 13.8 Å². The Morgan fingerprint density at radius 2 is 2.04 bits per heavy atom. The van der Waals surface area contributed by atoms with Gasteiger partial charge < -0.3 is 9.23 Å². The number of rotatable bonds is 1. The molecule has 114 valence electrons. The number of hydrogen-bond acceptors (Lipinski definition) is 3. The summed E-state index contributed by atoms with van der Waals surface area (Å²) in [6.45, 7) is 4.28. The Morgan fingerprint density at radius 3 is 2.83 bits per heavy atom. The average Bonchev–Trinajstić information content (AvgIpc) is 2.88. The van der Waals surface area contributed by atoms with E-state index in [9.17, 15) is 0 Å². The van der Waals surface area contributed by atoms with Gasteiger partial charge in [0.2, 0.25) is 5.71 Å². The minimum Gasteiger partial charge on any atom is -0.449 e. The molecule has 3 aromatic rings. The van der Waals surface area contributed by atoms with Gasteiger partial charge in [0.25, 0.3) is 0 Å². The van der Waals surface area contributed by atoms with Crippen LogP contribution in [0.25, 0.3) is 16.7 Å². The van der Waals surface area contributed by atoms with Gasteiger partial charge in [0.1, 0.15) is 12.7 Å². The highest BCUT2D eigenvalue weighted by Gasteiger charge is 2.41. The first-order valence-electron chi connectivity index (χ1n) is 7.80. The molecule has 0 aliphatic carbocycles. The normalized spacial score (nSPS) is 14.2. The Hall–Kier alpha value is -2.56. The summed E-state index contributed by atoms with van der Waals surface area (Å²) in [7, 11) is 4.18.